The molecule has 0 saturated heterocycles. The van der Waals surface area contributed by atoms with E-state index >= 15 is 0 Å². The molecule has 0 spiro atoms. The van der Waals surface area contributed by atoms with Gasteiger partial charge in [-0.1, -0.05) is 30.3 Å². The van der Waals surface area contributed by atoms with Crippen LogP contribution < -0.4 is 5.73 Å². The number of amidine groups is 1. The van der Waals surface area contributed by atoms with Crippen molar-refractivity contribution in [2.45, 2.75) is 12.8 Å². The van der Waals surface area contributed by atoms with E-state index in [1.807, 2.05) is 30.3 Å². The van der Waals surface area contributed by atoms with Crippen LogP contribution in [-0.2, 0) is 11.2 Å². The fourth-order valence-corrected chi connectivity index (χ4v) is 1.55. The Bertz CT molecular complexity index is 386. The van der Waals surface area contributed by atoms with Gasteiger partial charge in [-0.25, -0.2) is 5.01 Å². The Morgan fingerprint density at radius 1 is 1.33 bits per heavy atom. The molecule has 4 heteroatoms. The van der Waals surface area contributed by atoms with Gasteiger partial charge in [-0.05, 0) is 12.0 Å². The highest BCUT2D eigenvalue weighted by molar-refractivity contribution is 6.02. The van der Waals surface area contributed by atoms with Crippen LogP contribution >= 0.6 is 0 Å². The maximum Gasteiger partial charge on any atom is 0.250 e. The molecule has 0 saturated carbocycles. The topological polar surface area (TPSA) is 58.7 Å². The van der Waals surface area contributed by atoms with Crippen LogP contribution in [0.2, 0.25) is 0 Å². The third-order valence-corrected chi connectivity index (χ3v) is 2.32. The van der Waals surface area contributed by atoms with E-state index in [0.717, 1.165) is 6.42 Å². The maximum absolute atomic E-state index is 11.3. The lowest BCUT2D eigenvalue weighted by Gasteiger charge is -2.10. The third kappa shape index (κ3) is 2.34. The Kier molecular flexibility index (Phi) is 2.67. The monoisotopic (exact) mass is 203 g/mol. The molecule has 1 aromatic rings. The number of benzene rings is 1. The summed E-state index contributed by atoms with van der Waals surface area (Å²) in [4.78, 5) is 11.3. The molecule has 1 amide bonds. The van der Waals surface area contributed by atoms with E-state index in [0.29, 0.717) is 12.4 Å². The minimum atomic E-state index is -0.0107. The quantitative estimate of drug-likeness (QED) is 0.787. The average molecular weight is 203 g/mol. The van der Waals surface area contributed by atoms with Crippen LogP contribution in [0.5, 0.6) is 0 Å². The first-order valence-corrected chi connectivity index (χ1v) is 4.93. The summed E-state index contributed by atoms with van der Waals surface area (Å²) < 4.78 is 0. The van der Waals surface area contributed by atoms with Crippen molar-refractivity contribution in [3.63, 3.8) is 0 Å². The number of nitrogens with zero attached hydrogens (tertiary/aromatic N) is 2. The molecule has 0 aliphatic carbocycles. The lowest BCUT2D eigenvalue weighted by Crippen LogP contribution is -2.23. The summed E-state index contributed by atoms with van der Waals surface area (Å²) in [5, 5.41) is 5.41. The predicted molar refractivity (Wildman–Crippen MR) is 58.1 cm³/mol. The number of nitrogens with two attached hydrogens (primary N) is 1. The van der Waals surface area contributed by atoms with Gasteiger partial charge in [0.1, 0.15) is 5.84 Å². The average Bonchev–Trinajstić information content (AvgIpc) is 2.56. The third-order valence-electron chi connectivity index (χ3n) is 2.32. The van der Waals surface area contributed by atoms with Crippen molar-refractivity contribution in [1.82, 2.24) is 5.01 Å². The molecule has 0 atom stereocenters. The van der Waals surface area contributed by atoms with Gasteiger partial charge in [-0.15, -0.1) is 0 Å². The van der Waals surface area contributed by atoms with Crippen LogP contribution in [0.3, 0.4) is 0 Å². The van der Waals surface area contributed by atoms with Gasteiger partial charge in [0.2, 0.25) is 5.91 Å². The van der Waals surface area contributed by atoms with Crippen LogP contribution in [0.1, 0.15) is 12.0 Å². The number of carbonyl (C=O) groups is 1. The van der Waals surface area contributed by atoms with Gasteiger partial charge in [0.25, 0.3) is 0 Å². The van der Waals surface area contributed by atoms with Crippen molar-refractivity contribution in [3.05, 3.63) is 35.9 Å². The van der Waals surface area contributed by atoms with Crippen LogP contribution in [0.4, 0.5) is 0 Å². The molecular formula is C11H13N3O. The number of rotatable bonds is 3. The second-order valence-corrected chi connectivity index (χ2v) is 3.52. The Balaban J connectivity index is 1.92. The molecule has 2 rings (SSSR count). The van der Waals surface area contributed by atoms with Crippen LogP contribution in [-0.4, -0.2) is 23.3 Å². The second kappa shape index (κ2) is 4.13. The number of hydrogen-bond donors (Lipinski definition) is 1. The van der Waals surface area contributed by atoms with E-state index in [9.17, 15) is 4.79 Å². The van der Waals surface area contributed by atoms with E-state index in [-0.39, 0.29) is 12.3 Å². The van der Waals surface area contributed by atoms with Crippen molar-refractivity contribution in [2.75, 3.05) is 6.54 Å². The zero-order chi connectivity index (χ0) is 10.7. The fourth-order valence-electron chi connectivity index (χ4n) is 1.55. The molecule has 1 aromatic carbocycles. The highest BCUT2D eigenvalue weighted by Crippen LogP contribution is 2.07. The molecule has 0 unspecified atom stereocenters. The van der Waals surface area contributed by atoms with E-state index < -0.39 is 0 Å². The van der Waals surface area contributed by atoms with Gasteiger partial charge >= 0.3 is 0 Å². The van der Waals surface area contributed by atoms with Gasteiger partial charge in [0.05, 0.1) is 6.42 Å². The van der Waals surface area contributed by atoms with Crippen molar-refractivity contribution in [1.29, 1.82) is 0 Å². The zero-order valence-electron chi connectivity index (χ0n) is 8.39. The summed E-state index contributed by atoms with van der Waals surface area (Å²) in [7, 11) is 0. The normalized spacial score (nSPS) is 15.6. The Labute approximate surface area is 88.4 Å². The lowest BCUT2D eigenvalue weighted by molar-refractivity contribution is -0.128. The molecular weight excluding hydrogens is 190 g/mol. The molecule has 2 N–H and O–H groups in total. The van der Waals surface area contributed by atoms with Gasteiger partial charge in [-0.2, -0.15) is 5.10 Å². The zero-order valence-corrected chi connectivity index (χ0v) is 8.39. The maximum atomic E-state index is 11.3. The predicted octanol–water partition coefficient (Wildman–Crippen LogP) is 0.734. The molecule has 1 aliphatic rings. The van der Waals surface area contributed by atoms with E-state index in [4.69, 9.17) is 5.73 Å². The molecule has 1 heterocycles. The van der Waals surface area contributed by atoms with Crippen LogP contribution in [0.15, 0.2) is 35.4 Å². The van der Waals surface area contributed by atoms with Crippen LogP contribution in [0.25, 0.3) is 0 Å². The van der Waals surface area contributed by atoms with Gasteiger partial charge in [-0.3, -0.25) is 4.79 Å². The second-order valence-electron chi connectivity index (χ2n) is 3.52. The molecule has 0 bridgehead atoms. The molecule has 0 radical (unpaired) electrons. The molecule has 78 valence electrons. The Morgan fingerprint density at radius 2 is 2.07 bits per heavy atom. The summed E-state index contributed by atoms with van der Waals surface area (Å²) >= 11 is 0. The molecule has 1 aliphatic heterocycles. The number of hydrazone groups is 1. The van der Waals surface area contributed by atoms with E-state index in [1.54, 1.807) is 0 Å². The molecule has 15 heavy (non-hydrogen) atoms. The number of hydrogen-bond acceptors (Lipinski definition) is 3. The summed E-state index contributed by atoms with van der Waals surface area (Å²) in [6, 6.07) is 10.0. The van der Waals surface area contributed by atoms with Crippen LogP contribution in [0, 0.1) is 0 Å². The first-order chi connectivity index (χ1) is 7.25. The van der Waals surface area contributed by atoms with Crippen molar-refractivity contribution < 1.29 is 4.79 Å². The lowest BCUT2D eigenvalue weighted by atomic mass is 10.1. The largest absolute Gasteiger partial charge is 0.385 e. The van der Waals surface area contributed by atoms with Crippen molar-refractivity contribution >= 4 is 11.7 Å². The first-order valence-electron chi connectivity index (χ1n) is 4.93. The number of amides is 1. The fraction of sp³-hybridized carbons (Fsp3) is 0.273. The SMILES string of the molecule is NC1=NN(CCc2ccccc2)C(=O)C1. The molecule has 0 fully saturated rings. The highest BCUT2D eigenvalue weighted by atomic mass is 16.2. The van der Waals surface area contributed by atoms with Gasteiger partial charge < -0.3 is 5.73 Å². The first kappa shape index (κ1) is 9.71. The number of carbonyl (C=O) groups excluding carboxylic acids is 1. The van der Waals surface area contributed by atoms with E-state index in [2.05, 4.69) is 5.10 Å². The smallest absolute Gasteiger partial charge is 0.250 e. The van der Waals surface area contributed by atoms with Gasteiger partial charge in [0.15, 0.2) is 0 Å². The summed E-state index contributed by atoms with van der Waals surface area (Å²) in [5.74, 6) is 0.400. The standard InChI is InChI=1S/C11H13N3O/c12-10-8-11(15)14(13-10)7-6-9-4-2-1-3-5-9/h1-5H,6-8H2,(H2,12,13). The summed E-state index contributed by atoms with van der Waals surface area (Å²) in [6.45, 7) is 0.601. The Morgan fingerprint density at radius 3 is 2.67 bits per heavy atom. The van der Waals surface area contributed by atoms with Gasteiger partial charge in [0, 0.05) is 6.54 Å². The van der Waals surface area contributed by atoms with Crippen molar-refractivity contribution in [2.24, 2.45) is 10.8 Å². The molecule has 4 nitrogen and oxygen atoms in total. The van der Waals surface area contributed by atoms with Crippen molar-refractivity contribution in [3.8, 4) is 0 Å². The van der Waals surface area contributed by atoms with E-state index in [1.165, 1.54) is 10.6 Å². The summed E-state index contributed by atoms with van der Waals surface area (Å²) in [6.07, 6.45) is 1.07. The molecule has 0 aromatic heterocycles. The summed E-state index contributed by atoms with van der Waals surface area (Å²) in [5.41, 5.74) is 6.67. The highest BCUT2D eigenvalue weighted by Gasteiger charge is 2.20. The minimum Gasteiger partial charge on any atom is -0.385 e. The minimum absolute atomic E-state index is 0.0107. The Hall–Kier alpha value is -1.84.